The molecule has 1 saturated heterocycles. The van der Waals surface area contributed by atoms with Gasteiger partial charge in [0.25, 0.3) is 0 Å². The third kappa shape index (κ3) is 15.5. The summed E-state index contributed by atoms with van der Waals surface area (Å²) in [6.07, 6.45) is 1.62. The van der Waals surface area contributed by atoms with Crippen LogP contribution in [0.1, 0.15) is 47.1 Å². The fourth-order valence-corrected chi connectivity index (χ4v) is 6.53. The number of nitrogens with two attached hydrogens (primary N) is 1. The van der Waals surface area contributed by atoms with Crippen LogP contribution in [-0.4, -0.2) is 97.0 Å². The van der Waals surface area contributed by atoms with E-state index in [1.807, 2.05) is 61.5 Å². The van der Waals surface area contributed by atoms with Gasteiger partial charge in [-0.05, 0) is 54.3 Å². The summed E-state index contributed by atoms with van der Waals surface area (Å²) in [6, 6.07) is 30.5. The van der Waals surface area contributed by atoms with Crippen molar-refractivity contribution >= 4 is 46.7 Å². The Labute approximate surface area is 345 Å². The molecular formula is C45H55N9O5. The summed E-state index contributed by atoms with van der Waals surface area (Å²) in [6.45, 7) is 6.57. The van der Waals surface area contributed by atoms with Crippen molar-refractivity contribution in [3.8, 4) is 0 Å². The van der Waals surface area contributed by atoms with E-state index in [1.165, 1.54) is 0 Å². The Bertz CT molecular complexity index is 2020. The van der Waals surface area contributed by atoms with Crippen molar-refractivity contribution in [2.75, 3.05) is 56.4 Å². The Kier molecular flexibility index (Phi) is 16.7. The molecule has 8 N–H and O–H groups in total. The molecule has 1 atom stereocenters. The first-order valence-electron chi connectivity index (χ1n) is 20.0. The number of piperazine rings is 1. The number of hydrogen-bond acceptors (Lipinski definition) is 8. The van der Waals surface area contributed by atoms with Crippen LogP contribution in [0.2, 0.25) is 0 Å². The van der Waals surface area contributed by atoms with Gasteiger partial charge in [-0.15, -0.1) is 0 Å². The van der Waals surface area contributed by atoms with E-state index in [9.17, 15) is 24.0 Å². The minimum atomic E-state index is -0.943. The molecule has 1 aliphatic heterocycles. The summed E-state index contributed by atoms with van der Waals surface area (Å²) in [5, 5.41) is 21.7. The van der Waals surface area contributed by atoms with Gasteiger partial charge in [0, 0.05) is 88.4 Å². The molecule has 1 aliphatic rings. The SMILES string of the molecule is Cc1ccc(NC(=O)CCN2CCN(CCC(=O)Nc3ccc(CC(NC(=O)CCc4ccccc4)C(=O)NCC(=O)NCc4ccc(C(=N)N)cc4)cc3)CC2)cc1. The van der Waals surface area contributed by atoms with E-state index in [-0.39, 0.29) is 49.5 Å². The number of nitrogens with zero attached hydrogens (tertiary/aromatic N) is 2. The van der Waals surface area contributed by atoms with Crippen LogP contribution in [0.5, 0.6) is 0 Å². The molecule has 0 aliphatic carbocycles. The molecule has 14 heteroatoms. The smallest absolute Gasteiger partial charge is 0.243 e. The number of carbonyl (C=O) groups is 5. The molecule has 14 nitrogen and oxygen atoms in total. The van der Waals surface area contributed by atoms with E-state index < -0.39 is 17.9 Å². The summed E-state index contributed by atoms with van der Waals surface area (Å²) in [7, 11) is 0. The zero-order chi connectivity index (χ0) is 42.0. The second-order valence-electron chi connectivity index (χ2n) is 14.8. The molecule has 0 saturated carbocycles. The molecule has 0 radical (unpaired) electrons. The van der Waals surface area contributed by atoms with Crippen LogP contribution in [0.4, 0.5) is 11.4 Å². The number of rotatable bonds is 20. The number of hydrogen-bond donors (Lipinski definition) is 7. The molecule has 4 aromatic carbocycles. The Morgan fingerprint density at radius 1 is 0.627 bits per heavy atom. The van der Waals surface area contributed by atoms with Gasteiger partial charge in [-0.2, -0.15) is 0 Å². The Morgan fingerprint density at radius 2 is 1.17 bits per heavy atom. The standard InChI is InChI=1S/C45H55N9O5/c1-32-7-16-37(17-8-32)50-41(56)21-23-53-25-27-54(28-26-53)24-22-42(57)51-38-18-11-34(12-19-38)29-39(52-40(55)20-13-33-5-3-2-4-6-33)45(59)49-31-43(58)48-30-35-9-14-36(15-10-35)44(46)47/h2-12,14-19,39H,13,20-31H2,1H3,(H3,46,47)(H,48,58)(H,49,59)(H,50,56)(H,51,57)(H,52,55). The van der Waals surface area contributed by atoms with E-state index >= 15 is 0 Å². The fourth-order valence-electron chi connectivity index (χ4n) is 6.53. The Hall–Kier alpha value is -6.38. The molecule has 59 heavy (non-hydrogen) atoms. The Morgan fingerprint density at radius 3 is 1.73 bits per heavy atom. The molecule has 1 fully saturated rings. The summed E-state index contributed by atoms with van der Waals surface area (Å²) in [5.41, 5.74) is 11.2. The molecule has 5 rings (SSSR count). The highest BCUT2D eigenvalue weighted by molar-refractivity contribution is 5.95. The Balaban J connectivity index is 1.05. The second kappa shape index (κ2) is 22.5. The van der Waals surface area contributed by atoms with Crippen molar-refractivity contribution in [2.24, 2.45) is 5.73 Å². The van der Waals surface area contributed by atoms with Crippen molar-refractivity contribution in [1.82, 2.24) is 25.8 Å². The predicted octanol–water partition coefficient (Wildman–Crippen LogP) is 3.35. The van der Waals surface area contributed by atoms with Crippen molar-refractivity contribution in [3.05, 3.63) is 131 Å². The first-order chi connectivity index (χ1) is 28.5. The van der Waals surface area contributed by atoms with Crippen LogP contribution in [-0.2, 0) is 43.4 Å². The highest BCUT2D eigenvalue weighted by Crippen LogP contribution is 2.14. The van der Waals surface area contributed by atoms with Gasteiger partial charge < -0.3 is 42.1 Å². The minimum absolute atomic E-state index is 0.00278. The quantitative estimate of drug-likeness (QED) is 0.0521. The van der Waals surface area contributed by atoms with E-state index in [2.05, 4.69) is 36.4 Å². The van der Waals surface area contributed by atoms with Crippen LogP contribution in [0.15, 0.2) is 103 Å². The lowest BCUT2D eigenvalue weighted by atomic mass is 10.0. The number of anilines is 2. The van der Waals surface area contributed by atoms with E-state index in [4.69, 9.17) is 11.1 Å². The van der Waals surface area contributed by atoms with Crippen molar-refractivity contribution in [3.63, 3.8) is 0 Å². The van der Waals surface area contributed by atoms with Gasteiger partial charge in [0.2, 0.25) is 29.5 Å². The van der Waals surface area contributed by atoms with Crippen LogP contribution in [0.25, 0.3) is 0 Å². The van der Waals surface area contributed by atoms with Crippen LogP contribution < -0.4 is 32.3 Å². The van der Waals surface area contributed by atoms with Crippen LogP contribution >= 0.6 is 0 Å². The molecular weight excluding hydrogens is 747 g/mol. The van der Waals surface area contributed by atoms with Gasteiger partial charge in [0.1, 0.15) is 11.9 Å². The maximum absolute atomic E-state index is 13.4. The number of amidine groups is 1. The lowest BCUT2D eigenvalue weighted by molar-refractivity contribution is -0.130. The van der Waals surface area contributed by atoms with E-state index in [0.29, 0.717) is 43.6 Å². The van der Waals surface area contributed by atoms with Crippen LogP contribution in [0.3, 0.4) is 0 Å². The van der Waals surface area contributed by atoms with Gasteiger partial charge in [-0.3, -0.25) is 29.4 Å². The van der Waals surface area contributed by atoms with Gasteiger partial charge >= 0.3 is 0 Å². The third-order valence-electron chi connectivity index (χ3n) is 10.1. The average Bonchev–Trinajstić information content (AvgIpc) is 3.24. The molecule has 310 valence electrons. The van der Waals surface area contributed by atoms with Crippen LogP contribution in [0, 0.1) is 12.3 Å². The number of benzene rings is 4. The molecule has 0 spiro atoms. The van der Waals surface area contributed by atoms with Gasteiger partial charge in [0.05, 0.1) is 6.54 Å². The number of amides is 5. The van der Waals surface area contributed by atoms with Gasteiger partial charge in [-0.25, -0.2) is 0 Å². The number of nitrogens with one attached hydrogen (secondary N) is 6. The summed E-state index contributed by atoms with van der Waals surface area (Å²) in [5.74, 6) is -1.35. The highest BCUT2D eigenvalue weighted by Gasteiger charge is 2.23. The van der Waals surface area contributed by atoms with Crippen molar-refractivity contribution in [1.29, 1.82) is 5.41 Å². The minimum Gasteiger partial charge on any atom is -0.384 e. The van der Waals surface area contributed by atoms with E-state index in [0.717, 1.165) is 54.1 Å². The molecule has 1 unspecified atom stereocenters. The zero-order valence-electron chi connectivity index (χ0n) is 33.6. The summed E-state index contributed by atoms with van der Waals surface area (Å²) in [4.78, 5) is 68.8. The second-order valence-corrected chi connectivity index (χ2v) is 14.8. The lowest BCUT2D eigenvalue weighted by Crippen LogP contribution is -2.50. The summed E-state index contributed by atoms with van der Waals surface area (Å²) < 4.78 is 0. The summed E-state index contributed by atoms with van der Waals surface area (Å²) >= 11 is 0. The zero-order valence-corrected chi connectivity index (χ0v) is 33.6. The average molecular weight is 802 g/mol. The monoisotopic (exact) mass is 801 g/mol. The molecule has 1 heterocycles. The third-order valence-corrected chi connectivity index (χ3v) is 10.1. The number of carbonyl (C=O) groups excluding carboxylic acids is 5. The first-order valence-corrected chi connectivity index (χ1v) is 20.0. The predicted molar refractivity (Wildman–Crippen MR) is 230 cm³/mol. The van der Waals surface area contributed by atoms with Crippen molar-refractivity contribution < 1.29 is 24.0 Å². The number of aryl methyl sites for hydroxylation is 2. The van der Waals surface area contributed by atoms with Gasteiger partial charge in [-0.1, -0.05) is 84.4 Å². The number of nitrogen functional groups attached to an aromatic ring is 1. The maximum atomic E-state index is 13.4. The highest BCUT2D eigenvalue weighted by atomic mass is 16.2. The molecule has 5 amide bonds. The van der Waals surface area contributed by atoms with Gasteiger partial charge in [0.15, 0.2) is 0 Å². The first kappa shape index (κ1) is 43.7. The molecule has 4 aromatic rings. The fraction of sp³-hybridized carbons (Fsp3) is 0.333. The largest absolute Gasteiger partial charge is 0.384 e. The molecule has 0 bridgehead atoms. The molecule has 0 aromatic heterocycles. The lowest BCUT2D eigenvalue weighted by Gasteiger charge is -2.34. The van der Waals surface area contributed by atoms with E-state index in [1.54, 1.807) is 48.5 Å². The normalized spacial score (nSPS) is 13.4. The topological polar surface area (TPSA) is 202 Å². The van der Waals surface area contributed by atoms with Crippen molar-refractivity contribution in [2.45, 2.75) is 51.6 Å². The maximum Gasteiger partial charge on any atom is 0.243 e.